The maximum atomic E-state index is 11.7. The van der Waals surface area contributed by atoms with Gasteiger partial charge in [-0.05, 0) is 73.1 Å². The Morgan fingerprint density at radius 2 is 1.79 bits per heavy atom. The van der Waals surface area contributed by atoms with Gasteiger partial charge in [0.05, 0.1) is 0 Å². The Balaban J connectivity index is 1.70. The van der Waals surface area contributed by atoms with E-state index in [9.17, 15) is 21.9 Å². The summed E-state index contributed by atoms with van der Waals surface area (Å²) in [5.41, 5.74) is 1.71. The minimum atomic E-state index is -4.31. The van der Waals surface area contributed by atoms with E-state index in [-0.39, 0.29) is 23.5 Å². The molecule has 0 heterocycles. The summed E-state index contributed by atoms with van der Waals surface area (Å²) in [7, 11) is -8.60. The van der Waals surface area contributed by atoms with Crippen LogP contribution in [0.2, 0.25) is 0 Å². The Kier molecular flexibility index (Phi) is 4.99. The lowest BCUT2D eigenvalue weighted by Gasteiger charge is -2.50. The van der Waals surface area contributed by atoms with Crippen LogP contribution in [0, 0.1) is 17.3 Å². The molecule has 0 bridgehead atoms. The number of aryl methyl sites for hydroxylation is 1. The molecule has 3 aliphatic carbocycles. The molecular weight excluding hydrogens is 420 g/mol. The predicted molar refractivity (Wildman–Crippen MR) is 104 cm³/mol. The molecule has 4 rings (SSSR count). The van der Waals surface area contributed by atoms with Crippen molar-refractivity contribution in [3.05, 3.63) is 29.3 Å². The van der Waals surface area contributed by atoms with Gasteiger partial charge in [0, 0.05) is 5.41 Å². The molecule has 29 heavy (non-hydrogen) atoms. The average Bonchev–Trinajstić information content (AvgIpc) is 2.83. The van der Waals surface area contributed by atoms with Gasteiger partial charge in [-0.25, -0.2) is 10.3 Å². The molecule has 0 aromatic heterocycles. The lowest BCUT2D eigenvalue weighted by molar-refractivity contribution is -0.0266. The molecule has 11 heteroatoms. The van der Waals surface area contributed by atoms with E-state index in [0.717, 1.165) is 24.8 Å². The van der Waals surface area contributed by atoms with Crippen molar-refractivity contribution in [3.63, 3.8) is 0 Å². The summed E-state index contributed by atoms with van der Waals surface area (Å²) in [6, 6.07) is 5.44. The number of phenolic OH excluding ortho intramolecular Hbond substituents is 1. The maximum absolute atomic E-state index is 11.7. The Morgan fingerprint density at radius 3 is 2.45 bits per heavy atom. The summed E-state index contributed by atoms with van der Waals surface area (Å²) in [4.78, 5) is 0. The molecule has 9 nitrogen and oxygen atoms in total. The first kappa shape index (κ1) is 21.0. The quantitative estimate of drug-likeness (QED) is 0.623. The molecule has 162 valence electrons. The number of hydrogen-bond donors (Lipinski definition) is 3. The smallest absolute Gasteiger partial charge is 0.333 e. The van der Waals surface area contributed by atoms with Crippen molar-refractivity contribution in [2.45, 2.75) is 57.2 Å². The number of hydrogen-bond acceptors (Lipinski definition) is 7. The zero-order valence-electron chi connectivity index (χ0n) is 16.0. The van der Waals surface area contributed by atoms with E-state index in [1.54, 1.807) is 12.1 Å². The fraction of sp³-hybridized carbons (Fsp3) is 0.667. The number of fused-ring (bicyclic) bond motifs is 5. The lowest BCUT2D eigenvalue weighted by atomic mass is 9.55. The SMILES string of the molecule is C[C@]12CC[C@@H]3c4ccc(O)cc4CC[C@H]3[C@@H]1C[C@@H](OS(N)(=O)=O)[C@@H]2OS(N)(=O)=O. The molecular formula is C18H26N2O7S2. The van der Waals surface area contributed by atoms with Crippen LogP contribution in [-0.4, -0.2) is 34.2 Å². The minimum absolute atomic E-state index is 0.0123. The number of nitrogens with two attached hydrogens (primary N) is 2. The molecule has 0 saturated heterocycles. The van der Waals surface area contributed by atoms with E-state index in [4.69, 9.17) is 18.6 Å². The second kappa shape index (κ2) is 6.89. The highest BCUT2D eigenvalue weighted by atomic mass is 32.2. The van der Waals surface area contributed by atoms with Gasteiger partial charge in [0.25, 0.3) is 0 Å². The van der Waals surface area contributed by atoms with Gasteiger partial charge in [-0.15, -0.1) is 0 Å². The van der Waals surface area contributed by atoms with Crippen LogP contribution in [0.3, 0.4) is 0 Å². The highest BCUT2D eigenvalue weighted by Gasteiger charge is 2.61. The Hall–Kier alpha value is -1.24. The summed E-state index contributed by atoms with van der Waals surface area (Å²) in [5.74, 6) is 0.695. The lowest BCUT2D eigenvalue weighted by Crippen LogP contribution is -2.47. The molecule has 0 aliphatic heterocycles. The van der Waals surface area contributed by atoms with Crippen LogP contribution in [0.25, 0.3) is 0 Å². The second-order valence-electron chi connectivity index (χ2n) is 8.72. The number of rotatable bonds is 4. The fourth-order valence-corrected chi connectivity index (χ4v) is 7.25. The summed E-state index contributed by atoms with van der Waals surface area (Å²) in [6.07, 6.45) is 1.35. The Labute approximate surface area is 170 Å². The van der Waals surface area contributed by atoms with Crippen molar-refractivity contribution in [1.82, 2.24) is 0 Å². The van der Waals surface area contributed by atoms with E-state index in [1.807, 2.05) is 13.0 Å². The normalized spacial score (nSPS) is 36.9. The first-order chi connectivity index (χ1) is 13.4. The van der Waals surface area contributed by atoms with Crippen LogP contribution in [0.15, 0.2) is 18.2 Å². The molecule has 0 amide bonds. The molecule has 1 aromatic carbocycles. The predicted octanol–water partition coefficient (Wildman–Crippen LogP) is 1.04. The van der Waals surface area contributed by atoms with E-state index in [2.05, 4.69) is 0 Å². The molecule has 1 aromatic rings. The van der Waals surface area contributed by atoms with Gasteiger partial charge in [-0.2, -0.15) is 16.8 Å². The van der Waals surface area contributed by atoms with Crippen molar-refractivity contribution in [2.75, 3.05) is 0 Å². The third kappa shape index (κ3) is 3.91. The standard InChI is InChI=1S/C18H26N2O7S2/c1-18-7-6-13-12-5-3-11(21)8-10(12)2-4-14(13)15(18)9-16(26-28(19,22)23)17(18)27-29(20,24)25/h3,5,8,13-17,21H,2,4,6-7,9H2,1H3,(H2,19,22,23)(H2,20,24,25)/t13-,14-,15+,16-,17+,18+/m1/s1. The van der Waals surface area contributed by atoms with Crippen molar-refractivity contribution >= 4 is 20.6 Å². The summed E-state index contributed by atoms with van der Waals surface area (Å²) in [5, 5.41) is 20.0. The van der Waals surface area contributed by atoms with E-state index >= 15 is 0 Å². The zero-order chi connectivity index (χ0) is 21.2. The molecule has 0 radical (unpaired) electrons. The molecule has 0 spiro atoms. The van der Waals surface area contributed by atoms with Gasteiger partial charge < -0.3 is 5.11 Å². The van der Waals surface area contributed by atoms with Crippen molar-refractivity contribution in [1.29, 1.82) is 0 Å². The maximum Gasteiger partial charge on any atom is 0.333 e. The Morgan fingerprint density at radius 1 is 1.10 bits per heavy atom. The van der Waals surface area contributed by atoms with Gasteiger partial charge in [0.2, 0.25) is 0 Å². The third-order valence-electron chi connectivity index (χ3n) is 7.12. The van der Waals surface area contributed by atoms with Gasteiger partial charge in [-0.3, -0.25) is 8.37 Å². The average molecular weight is 447 g/mol. The number of benzene rings is 1. The molecule has 0 unspecified atom stereocenters. The van der Waals surface area contributed by atoms with Crippen LogP contribution in [0.4, 0.5) is 0 Å². The molecule has 2 saturated carbocycles. The minimum Gasteiger partial charge on any atom is -0.508 e. The van der Waals surface area contributed by atoms with Crippen molar-refractivity contribution in [3.8, 4) is 5.75 Å². The summed E-state index contributed by atoms with van der Waals surface area (Å²) in [6.45, 7) is 1.92. The zero-order valence-corrected chi connectivity index (χ0v) is 17.7. The topological polar surface area (TPSA) is 159 Å². The van der Waals surface area contributed by atoms with E-state index < -0.39 is 38.2 Å². The van der Waals surface area contributed by atoms with Crippen molar-refractivity contribution in [2.24, 2.45) is 27.5 Å². The summed E-state index contributed by atoms with van der Waals surface area (Å²) < 4.78 is 56.8. The summed E-state index contributed by atoms with van der Waals surface area (Å²) >= 11 is 0. The van der Waals surface area contributed by atoms with Gasteiger partial charge in [0.1, 0.15) is 18.0 Å². The monoisotopic (exact) mass is 446 g/mol. The van der Waals surface area contributed by atoms with Gasteiger partial charge >= 0.3 is 20.6 Å². The fourth-order valence-electron chi connectivity index (χ4n) is 6.09. The van der Waals surface area contributed by atoms with Crippen LogP contribution in [-0.2, 0) is 35.4 Å². The van der Waals surface area contributed by atoms with Crippen LogP contribution < -0.4 is 10.3 Å². The first-order valence-corrected chi connectivity index (χ1v) is 12.6. The molecule has 3 aliphatic rings. The second-order valence-corrected chi connectivity index (χ2v) is 11.1. The van der Waals surface area contributed by atoms with E-state index in [1.165, 1.54) is 5.56 Å². The van der Waals surface area contributed by atoms with Gasteiger partial charge in [0.15, 0.2) is 0 Å². The van der Waals surface area contributed by atoms with Crippen LogP contribution in [0.1, 0.15) is 49.7 Å². The third-order valence-corrected chi connectivity index (χ3v) is 8.11. The highest BCUT2D eigenvalue weighted by Crippen LogP contribution is 2.62. The van der Waals surface area contributed by atoms with Gasteiger partial charge in [-0.1, -0.05) is 13.0 Å². The molecule has 2 fully saturated rings. The van der Waals surface area contributed by atoms with Crippen LogP contribution in [0.5, 0.6) is 5.75 Å². The molecule has 5 N–H and O–H groups in total. The first-order valence-electron chi connectivity index (χ1n) is 9.61. The van der Waals surface area contributed by atoms with Crippen LogP contribution >= 0.6 is 0 Å². The highest BCUT2D eigenvalue weighted by molar-refractivity contribution is 7.84. The van der Waals surface area contributed by atoms with Crippen molar-refractivity contribution < 1.29 is 30.3 Å². The largest absolute Gasteiger partial charge is 0.508 e. The van der Waals surface area contributed by atoms with E-state index in [0.29, 0.717) is 12.8 Å². The number of aromatic hydroxyl groups is 1. The number of phenols is 1. The Bertz CT molecular complexity index is 1030. The molecule has 6 atom stereocenters.